The van der Waals surface area contributed by atoms with Crippen LogP contribution in [0.2, 0.25) is 0 Å². The van der Waals surface area contributed by atoms with Crippen molar-refractivity contribution in [2.24, 2.45) is 0 Å². The Hall–Kier alpha value is -1.85. The lowest BCUT2D eigenvalue weighted by molar-refractivity contribution is 0.394. The molecule has 0 amide bonds. The summed E-state index contributed by atoms with van der Waals surface area (Å²) in [4.78, 5) is 7.84. The highest BCUT2D eigenvalue weighted by Gasteiger charge is 2.00. The predicted octanol–water partition coefficient (Wildman–Crippen LogP) is -0.285. The van der Waals surface area contributed by atoms with E-state index in [1.165, 1.54) is 11.6 Å². The lowest BCUT2D eigenvalue weighted by Crippen LogP contribution is -1.93. The Kier molecular flexibility index (Phi) is 1.33. The van der Waals surface area contributed by atoms with E-state index in [1.807, 2.05) is 0 Å². The van der Waals surface area contributed by atoms with Gasteiger partial charge in [0, 0.05) is 0 Å². The van der Waals surface area contributed by atoms with Gasteiger partial charge in [0.25, 0.3) is 0 Å². The highest BCUT2D eigenvalue weighted by Crippen LogP contribution is 2.06. The Morgan fingerprint density at radius 3 is 3.17 bits per heavy atom. The first-order valence-corrected chi connectivity index (χ1v) is 3.31. The number of fused-ring (bicyclic) bond motifs is 1. The second-order valence-electron chi connectivity index (χ2n) is 2.20. The van der Waals surface area contributed by atoms with Crippen molar-refractivity contribution in [3.63, 3.8) is 0 Å². The van der Waals surface area contributed by atoms with E-state index in [1.54, 1.807) is 12.4 Å². The lowest BCUT2D eigenvalue weighted by Gasteiger charge is -1.96. The molecule has 0 bridgehead atoms. The van der Waals surface area contributed by atoms with Crippen LogP contribution in [0.25, 0.3) is 5.65 Å². The number of nitrogen functional groups attached to an aromatic ring is 1. The van der Waals surface area contributed by atoms with Gasteiger partial charge in [-0.3, -0.25) is 0 Å². The van der Waals surface area contributed by atoms with Crippen molar-refractivity contribution in [3.05, 3.63) is 12.4 Å². The number of hydrogen-bond acceptors (Lipinski definition) is 5. The summed E-state index contributed by atoms with van der Waals surface area (Å²) in [7, 11) is 1.54. The summed E-state index contributed by atoms with van der Waals surface area (Å²) in [6, 6.07) is 0. The number of hydrogen-bond donors (Lipinski definition) is 1. The van der Waals surface area contributed by atoms with Gasteiger partial charge in [-0.25, -0.2) is 9.50 Å². The van der Waals surface area contributed by atoms with Gasteiger partial charge in [-0.2, -0.15) is 4.98 Å². The highest BCUT2D eigenvalue weighted by atomic mass is 16.5. The Labute approximate surface area is 68.0 Å². The zero-order valence-electron chi connectivity index (χ0n) is 6.43. The van der Waals surface area contributed by atoms with Gasteiger partial charge in [0.15, 0.2) is 5.65 Å². The third-order valence-electron chi connectivity index (χ3n) is 1.42. The Morgan fingerprint density at radius 1 is 1.58 bits per heavy atom. The van der Waals surface area contributed by atoms with Crippen LogP contribution < -0.4 is 10.5 Å². The van der Waals surface area contributed by atoms with Crippen LogP contribution in [0.1, 0.15) is 0 Å². The molecule has 2 aromatic heterocycles. The highest BCUT2D eigenvalue weighted by molar-refractivity contribution is 5.39. The minimum Gasteiger partial charge on any atom is -0.480 e. The smallest absolute Gasteiger partial charge is 0.240 e. The number of nitrogens with zero attached hydrogens (tertiary/aromatic N) is 4. The predicted molar refractivity (Wildman–Crippen MR) is 41.7 cm³/mol. The van der Waals surface area contributed by atoms with E-state index < -0.39 is 0 Å². The van der Waals surface area contributed by atoms with Crippen molar-refractivity contribution < 1.29 is 4.74 Å². The van der Waals surface area contributed by atoms with Crippen molar-refractivity contribution >= 4 is 11.6 Å². The Bertz CT molecular complexity index is 409. The molecule has 0 aliphatic rings. The lowest BCUT2D eigenvalue weighted by atomic mass is 10.7. The molecule has 6 heteroatoms. The molecule has 0 fully saturated rings. The fourth-order valence-corrected chi connectivity index (χ4v) is 0.900. The van der Waals surface area contributed by atoms with E-state index in [9.17, 15) is 0 Å². The zero-order chi connectivity index (χ0) is 8.55. The second-order valence-corrected chi connectivity index (χ2v) is 2.20. The van der Waals surface area contributed by atoms with Crippen LogP contribution in [0.5, 0.6) is 5.88 Å². The number of ether oxygens (including phenoxy) is 1. The van der Waals surface area contributed by atoms with E-state index in [4.69, 9.17) is 10.5 Å². The van der Waals surface area contributed by atoms with Gasteiger partial charge in [-0.05, 0) is 0 Å². The number of nitrogens with two attached hydrogens (primary N) is 1. The summed E-state index contributed by atoms with van der Waals surface area (Å²) in [6.07, 6.45) is 3.15. The van der Waals surface area contributed by atoms with Crippen LogP contribution in [-0.2, 0) is 0 Å². The van der Waals surface area contributed by atoms with Gasteiger partial charge in [-0.15, -0.1) is 5.10 Å². The molecule has 0 atom stereocenters. The number of aromatic nitrogens is 4. The maximum atomic E-state index is 5.37. The molecule has 2 heterocycles. The monoisotopic (exact) mass is 165 g/mol. The molecule has 2 rings (SSSR count). The van der Waals surface area contributed by atoms with E-state index in [-0.39, 0.29) is 5.95 Å². The fraction of sp³-hybridized carbons (Fsp3) is 0.167. The van der Waals surface area contributed by atoms with Crippen molar-refractivity contribution in [2.45, 2.75) is 0 Å². The van der Waals surface area contributed by atoms with Gasteiger partial charge in [0.1, 0.15) is 0 Å². The standard InChI is InChI=1S/C6H7N5O/c1-12-5-3-11-4(2-8-5)9-6(7)10-11/h2-3H,1H3,(H2,7,10). The molecule has 2 N–H and O–H groups in total. The van der Waals surface area contributed by atoms with Crippen molar-refractivity contribution in [3.8, 4) is 5.88 Å². The Morgan fingerprint density at radius 2 is 2.42 bits per heavy atom. The molecule has 0 saturated carbocycles. The maximum absolute atomic E-state index is 5.37. The van der Waals surface area contributed by atoms with Gasteiger partial charge in [-0.1, -0.05) is 0 Å². The molecular formula is C6H7N5O. The first-order chi connectivity index (χ1) is 5.79. The first kappa shape index (κ1) is 6.84. The summed E-state index contributed by atoms with van der Waals surface area (Å²) in [5.74, 6) is 0.706. The van der Waals surface area contributed by atoms with Crippen LogP contribution in [0.3, 0.4) is 0 Å². The average molecular weight is 165 g/mol. The van der Waals surface area contributed by atoms with E-state index in [0.29, 0.717) is 11.5 Å². The topological polar surface area (TPSA) is 78.3 Å². The number of methoxy groups -OCH3 is 1. The number of anilines is 1. The minimum atomic E-state index is 0.227. The van der Waals surface area contributed by atoms with Crippen LogP contribution in [0, 0.1) is 0 Å². The normalized spacial score (nSPS) is 10.4. The average Bonchev–Trinajstić information content (AvgIpc) is 2.43. The summed E-state index contributed by atoms with van der Waals surface area (Å²) < 4.78 is 6.41. The molecule has 0 unspecified atom stereocenters. The Balaban J connectivity index is 2.66. The van der Waals surface area contributed by atoms with Gasteiger partial charge in [0.05, 0.1) is 19.5 Å². The van der Waals surface area contributed by atoms with E-state index in [2.05, 4.69) is 15.1 Å². The van der Waals surface area contributed by atoms with Crippen molar-refractivity contribution in [2.75, 3.05) is 12.8 Å². The largest absolute Gasteiger partial charge is 0.480 e. The third kappa shape index (κ3) is 0.931. The van der Waals surface area contributed by atoms with Gasteiger partial charge >= 0.3 is 0 Å². The van der Waals surface area contributed by atoms with Crippen molar-refractivity contribution in [1.29, 1.82) is 0 Å². The molecule has 62 valence electrons. The molecule has 12 heavy (non-hydrogen) atoms. The third-order valence-corrected chi connectivity index (χ3v) is 1.42. The molecule has 2 aromatic rings. The van der Waals surface area contributed by atoms with Crippen LogP contribution >= 0.6 is 0 Å². The summed E-state index contributed by atoms with van der Waals surface area (Å²) >= 11 is 0. The SMILES string of the molecule is COc1cn2nc(N)nc2cn1. The fourth-order valence-electron chi connectivity index (χ4n) is 0.900. The molecule has 0 spiro atoms. The quantitative estimate of drug-likeness (QED) is 0.628. The maximum Gasteiger partial charge on any atom is 0.240 e. The molecule has 0 aliphatic carbocycles. The van der Waals surface area contributed by atoms with Crippen LogP contribution in [0.4, 0.5) is 5.95 Å². The molecule has 6 nitrogen and oxygen atoms in total. The van der Waals surface area contributed by atoms with Crippen LogP contribution in [0.15, 0.2) is 12.4 Å². The summed E-state index contributed by atoms with van der Waals surface area (Å²) in [5.41, 5.74) is 5.98. The number of rotatable bonds is 1. The van der Waals surface area contributed by atoms with E-state index >= 15 is 0 Å². The molecule has 0 saturated heterocycles. The van der Waals surface area contributed by atoms with E-state index in [0.717, 1.165) is 0 Å². The second kappa shape index (κ2) is 2.33. The molecule has 0 aromatic carbocycles. The van der Waals surface area contributed by atoms with Crippen molar-refractivity contribution in [1.82, 2.24) is 19.6 Å². The molecule has 0 aliphatic heterocycles. The van der Waals surface area contributed by atoms with Gasteiger partial charge < -0.3 is 10.5 Å². The minimum absolute atomic E-state index is 0.227. The summed E-state index contributed by atoms with van der Waals surface area (Å²) in [5, 5.41) is 3.89. The van der Waals surface area contributed by atoms with Crippen LogP contribution in [-0.4, -0.2) is 26.7 Å². The zero-order valence-corrected chi connectivity index (χ0v) is 6.43. The van der Waals surface area contributed by atoms with Gasteiger partial charge in [0.2, 0.25) is 11.8 Å². The molecular weight excluding hydrogens is 158 g/mol. The molecule has 0 radical (unpaired) electrons. The summed E-state index contributed by atoms with van der Waals surface area (Å²) in [6.45, 7) is 0. The first-order valence-electron chi connectivity index (χ1n) is 3.31.